The van der Waals surface area contributed by atoms with Gasteiger partial charge < -0.3 is 0 Å². The Hall–Kier alpha value is -1.32. The highest BCUT2D eigenvalue weighted by molar-refractivity contribution is 5.28. The zero-order valence-corrected chi connectivity index (χ0v) is 23.6. The lowest BCUT2D eigenvalue weighted by Crippen LogP contribution is -2.18. The molecule has 0 nitrogen and oxygen atoms in total. The topological polar surface area (TPSA) is 0 Å². The molecule has 214 valence electrons. The third-order valence-electron chi connectivity index (χ3n) is 10.3. The number of benzene rings is 1. The van der Waals surface area contributed by atoms with E-state index in [1.54, 1.807) is 0 Å². The highest BCUT2D eigenvalue weighted by Crippen LogP contribution is 2.43. The number of allylic oxidation sites excluding steroid dienone is 2. The van der Waals surface area contributed by atoms with Crippen LogP contribution < -0.4 is 0 Å². The number of unbranched alkanes of at least 4 members (excludes halogenated alkanes) is 2. The van der Waals surface area contributed by atoms with Gasteiger partial charge in [0.05, 0.1) is 6.08 Å². The van der Waals surface area contributed by atoms with Crippen LogP contribution in [0.2, 0.25) is 0 Å². The fraction of sp³-hybridized carbons (Fsp3) is 0.765. The van der Waals surface area contributed by atoms with Gasteiger partial charge in [-0.2, -0.15) is 13.2 Å². The molecule has 0 saturated heterocycles. The van der Waals surface area contributed by atoms with E-state index in [9.17, 15) is 17.6 Å². The lowest BCUT2D eigenvalue weighted by atomic mass is 9.73. The Morgan fingerprint density at radius 3 is 1.53 bits per heavy atom. The Balaban J connectivity index is 1.14. The molecule has 4 heteroatoms. The maximum absolute atomic E-state index is 13.9. The highest BCUT2D eigenvalue weighted by Gasteiger charge is 2.31. The molecule has 0 amide bonds. The van der Waals surface area contributed by atoms with E-state index in [0.717, 1.165) is 30.6 Å². The van der Waals surface area contributed by atoms with E-state index >= 15 is 0 Å². The molecular formula is C34H50F4. The van der Waals surface area contributed by atoms with Gasteiger partial charge >= 0.3 is 6.18 Å². The molecule has 0 radical (unpaired) electrons. The largest absolute Gasteiger partial charge is 0.412 e. The first-order valence-corrected chi connectivity index (χ1v) is 15.9. The summed E-state index contributed by atoms with van der Waals surface area (Å²) >= 11 is 0. The predicted octanol–water partition coefficient (Wildman–Crippen LogP) is 11.8. The van der Waals surface area contributed by atoms with Crippen molar-refractivity contribution in [3.63, 3.8) is 0 Å². The number of halogens is 4. The van der Waals surface area contributed by atoms with Gasteiger partial charge in [0, 0.05) is 5.92 Å². The molecule has 1 aromatic rings. The molecule has 3 fully saturated rings. The second-order valence-corrected chi connectivity index (χ2v) is 13.0. The Bertz CT molecular complexity index is 830. The first-order chi connectivity index (χ1) is 18.3. The summed E-state index contributed by atoms with van der Waals surface area (Å²) in [6, 6.07) is 9.03. The summed E-state index contributed by atoms with van der Waals surface area (Å²) in [6.07, 6.45) is 17.5. The molecule has 3 aliphatic rings. The van der Waals surface area contributed by atoms with Crippen LogP contribution in [0.1, 0.15) is 145 Å². The number of hydrogen-bond donors (Lipinski definition) is 0. The highest BCUT2D eigenvalue weighted by atomic mass is 19.4. The minimum Gasteiger partial charge on any atom is -0.212 e. The third-order valence-corrected chi connectivity index (χ3v) is 10.3. The Kier molecular flexibility index (Phi) is 11.2. The van der Waals surface area contributed by atoms with E-state index < -0.39 is 17.9 Å². The molecule has 38 heavy (non-hydrogen) atoms. The molecule has 0 spiro atoms. The van der Waals surface area contributed by atoms with Crippen molar-refractivity contribution in [1.29, 1.82) is 0 Å². The third kappa shape index (κ3) is 9.12. The van der Waals surface area contributed by atoms with Crippen molar-refractivity contribution in [2.75, 3.05) is 0 Å². The minimum absolute atomic E-state index is 0.151. The lowest BCUT2D eigenvalue weighted by Gasteiger charge is -2.32. The smallest absolute Gasteiger partial charge is 0.212 e. The number of hydrogen-bond acceptors (Lipinski definition) is 0. The fourth-order valence-electron chi connectivity index (χ4n) is 7.76. The summed E-state index contributed by atoms with van der Waals surface area (Å²) in [5.74, 6) is 2.33. The van der Waals surface area contributed by atoms with Crippen molar-refractivity contribution in [2.45, 2.75) is 141 Å². The van der Waals surface area contributed by atoms with Crippen molar-refractivity contribution in [2.24, 2.45) is 23.7 Å². The van der Waals surface area contributed by atoms with Crippen molar-refractivity contribution >= 4 is 0 Å². The maximum atomic E-state index is 13.9. The van der Waals surface area contributed by atoms with Gasteiger partial charge in [-0.1, -0.05) is 95.4 Å². The lowest BCUT2D eigenvalue weighted by molar-refractivity contribution is -0.0820. The zero-order valence-electron chi connectivity index (χ0n) is 23.6. The fourth-order valence-corrected chi connectivity index (χ4v) is 7.76. The molecule has 3 aliphatic carbocycles. The van der Waals surface area contributed by atoms with Crippen LogP contribution in [0.15, 0.2) is 36.2 Å². The van der Waals surface area contributed by atoms with Gasteiger partial charge in [0.1, 0.15) is 5.83 Å². The van der Waals surface area contributed by atoms with Crippen LogP contribution in [0.25, 0.3) is 0 Å². The Labute approximate surface area is 229 Å². The summed E-state index contributed by atoms with van der Waals surface area (Å²) < 4.78 is 51.3. The summed E-state index contributed by atoms with van der Waals surface area (Å²) in [6.45, 7) is 2.30. The van der Waals surface area contributed by atoms with E-state index in [1.807, 2.05) is 0 Å². The van der Waals surface area contributed by atoms with Crippen LogP contribution in [-0.4, -0.2) is 6.18 Å². The summed E-state index contributed by atoms with van der Waals surface area (Å²) in [5.41, 5.74) is 2.71. The SMILES string of the molecule is CCCCCC1CCC(CCC2CCC(c3ccc(C4CCC(/C(F)=C/C(F)(F)F)CC4)cc3)CC2)CC1. The molecule has 0 atom stereocenters. The molecular weight excluding hydrogens is 484 g/mol. The van der Waals surface area contributed by atoms with Gasteiger partial charge in [-0.3, -0.25) is 0 Å². The van der Waals surface area contributed by atoms with E-state index in [2.05, 4.69) is 31.2 Å². The van der Waals surface area contributed by atoms with E-state index in [-0.39, 0.29) is 6.08 Å². The van der Waals surface area contributed by atoms with Gasteiger partial charge in [0.25, 0.3) is 0 Å². The van der Waals surface area contributed by atoms with Gasteiger partial charge in [0.15, 0.2) is 0 Å². The molecule has 0 heterocycles. The van der Waals surface area contributed by atoms with Crippen LogP contribution in [0.5, 0.6) is 0 Å². The summed E-state index contributed by atoms with van der Waals surface area (Å²) in [7, 11) is 0. The van der Waals surface area contributed by atoms with Gasteiger partial charge in [-0.15, -0.1) is 0 Å². The maximum Gasteiger partial charge on any atom is 0.412 e. The van der Waals surface area contributed by atoms with Crippen LogP contribution in [0.4, 0.5) is 17.6 Å². The average molecular weight is 535 g/mol. The predicted molar refractivity (Wildman–Crippen MR) is 150 cm³/mol. The number of rotatable bonds is 10. The molecule has 0 bridgehead atoms. The zero-order chi connectivity index (χ0) is 27.0. The van der Waals surface area contributed by atoms with Crippen LogP contribution in [0.3, 0.4) is 0 Å². The van der Waals surface area contributed by atoms with E-state index in [4.69, 9.17) is 0 Å². The summed E-state index contributed by atoms with van der Waals surface area (Å²) in [4.78, 5) is 0. The second kappa shape index (κ2) is 14.4. The molecule has 1 aromatic carbocycles. The van der Waals surface area contributed by atoms with Crippen molar-refractivity contribution in [3.8, 4) is 0 Å². The normalized spacial score (nSPS) is 31.3. The quantitative estimate of drug-likeness (QED) is 0.207. The van der Waals surface area contributed by atoms with Crippen molar-refractivity contribution in [1.82, 2.24) is 0 Å². The Morgan fingerprint density at radius 1 is 0.658 bits per heavy atom. The van der Waals surface area contributed by atoms with Gasteiger partial charge in [0.2, 0.25) is 0 Å². The second-order valence-electron chi connectivity index (χ2n) is 13.0. The standard InChI is InChI=1S/C34H50F4/c1-2-3-4-5-25-6-8-26(9-7-25)10-11-27-12-14-28(15-13-27)29-16-18-30(19-17-29)31-20-22-32(23-21-31)33(35)24-34(36,37)38/h16-19,24-28,31-32H,2-15,20-23H2,1H3/b33-24-. The summed E-state index contributed by atoms with van der Waals surface area (Å²) in [5, 5.41) is 0. The molecule has 0 aromatic heterocycles. The van der Waals surface area contributed by atoms with E-state index in [0.29, 0.717) is 24.7 Å². The van der Waals surface area contributed by atoms with E-state index in [1.165, 1.54) is 101 Å². The molecule has 4 rings (SSSR count). The average Bonchev–Trinajstić information content (AvgIpc) is 2.92. The number of alkyl halides is 3. The van der Waals surface area contributed by atoms with Crippen LogP contribution in [-0.2, 0) is 0 Å². The first-order valence-electron chi connectivity index (χ1n) is 15.9. The van der Waals surface area contributed by atoms with Crippen molar-refractivity contribution < 1.29 is 17.6 Å². The molecule has 0 N–H and O–H groups in total. The molecule has 0 unspecified atom stereocenters. The van der Waals surface area contributed by atoms with Crippen LogP contribution in [0, 0.1) is 23.7 Å². The van der Waals surface area contributed by atoms with Gasteiger partial charge in [-0.25, -0.2) is 4.39 Å². The molecule has 3 saturated carbocycles. The van der Waals surface area contributed by atoms with Gasteiger partial charge in [-0.05, 0) is 92.1 Å². The van der Waals surface area contributed by atoms with Crippen LogP contribution >= 0.6 is 0 Å². The monoisotopic (exact) mass is 534 g/mol. The molecule has 0 aliphatic heterocycles. The first kappa shape index (κ1) is 29.7. The van der Waals surface area contributed by atoms with Crippen molar-refractivity contribution in [3.05, 3.63) is 47.3 Å². The minimum atomic E-state index is -4.57. The Morgan fingerprint density at radius 2 is 1.08 bits per heavy atom.